The van der Waals surface area contributed by atoms with Crippen LogP contribution in [0.2, 0.25) is 0 Å². The molecule has 0 unspecified atom stereocenters. The monoisotopic (exact) mass is 302 g/mol. The molecule has 2 aliphatic carbocycles. The summed E-state index contributed by atoms with van der Waals surface area (Å²) in [5.74, 6) is -1.36. The highest BCUT2D eigenvalue weighted by Crippen LogP contribution is 2.62. The third-order valence-corrected chi connectivity index (χ3v) is 5.39. The van der Waals surface area contributed by atoms with Gasteiger partial charge in [-0.25, -0.2) is 4.39 Å². The molecule has 3 rings (SSSR count). The van der Waals surface area contributed by atoms with E-state index in [4.69, 9.17) is 0 Å². The summed E-state index contributed by atoms with van der Waals surface area (Å²) in [4.78, 5) is 0. The second kappa shape index (κ2) is 4.14. The molecule has 0 aliphatic heterocycles. The number of aromatic hydroxyl groups is 1. The molecule has 0 atom stereocenters. The molecule has 1 nitrogen and oxygen atoms in total. The highest BCUT2D eigenvalue weighted by molar-refractivity contribution is 5.53. The van der Waals surface area contributed by atoms with Crippen molar-refractivity contribution in [2.75, 3.05) is 0 Å². The zero-order valence-electron chi connectivity index (χ0n) is 12.1. The molecule has 0 radical (unpaired) electrons. The van der Waals surface area contributed by atoms with Crippen molar-refractivity contribution in [1.82, 2.24) is 0 Å². The van der Waals surface area contributed by atoms with Gasteiger partial charge in [0, 0.05) is 5.56 Å². The Labute approximate surface area is 121 Å². The lowest BCUT2D eigenvalue weighted by atomic mass is 9.83. The van der Waals surface area contributed by atoms with E-state index in [0.717, 1.165) is 12.8 Å². The van der Waals surface area contributed by atoms with Crippen LogP contribution in [-0.2, 0) is 10.8 Å². The van der Waals surface area contributed by atoms with E-state index >= 15 is 0 Å². The average molecular weight is 302 g/mol. The van der Waals surface area contributed by atoms with Crippen molar-refractivity contribution in [2.45, 2.75) is 63.0 Å². The molecular weight excluding hydrogens is 284 g/mol. The first-order chi connectivity index (χ1) is 9.68. The number of hydrogen-bond donors (Lipinski definition) is 1. The fourth-order valence-electron chi connectivity index (χ4n) is 3.43. The van der Waals surface area contributed by atoms with Crippen molar-refractivity contribution in [2.24, 2.45) is 0 Å². The zero-order valence-corrected chi connectivity index (χ0v) is 12.1. The largest absolute Gasteiger partial charge is 0.505 e. The number of halogens is 4. The molecule has 21 heavy (non-hydrogen) atoms. The van der Waals surface area contributed by atoms with Crippen LogP contribution in [-0.4, -0.2) is 11.3 Å². The van der Waals surface area contributed by atoms with Crippen LogP contribution in [0.5, 0.6) is 5.75 Å². The van der Waals surface area contributed by atoms with Gasteiger partial charge >= 0.3 is 6.18 Å². The Bertz CT molecular complexity index is 595. The minimum atomic E-state index is -4.37. The van der Waals surface area contributed by atoms with Crippen LogP contribution in [0, 0.1) is 12.7 Å². The summed E-state index contributed by atoms with van der Waals surface area (Å²) in [6.07, 6.45) is -2.10. The second-order valence-electron chi connectivity index (χ2n) is 6.47. The first-order valence-electron chi connectivity index (χ1n) is 7.28. The van der Waals surface area contributed by atoms with Crippen LogP contribution in [0.3, 0.4) is 0 Å². The quantitative estimate of drug-likeness (QED) is 0.789. The van der Waals surface area contributed by atoms with Crippen LogP contribution in [0.4, 0.5) is 17.6 Å². The fraction of sp³-hybridized carbons (Fsp3) is 0.625. The summed E-state index contributed by atoms with van der Waals surface area (Å²) in [7, 11) is 0. The van der Waals surface area contributed by atoms with Gasteiger partial charge in [0.15, 0.2) is 11.6 Å². The van der Waals surface area contributed by atoms with Crippen LogP contribution in [0.15, 0.2) is 6.07 Å². The van der Waals surface area contributed by atoms with E-state index < -0.39 is 23.2 Å². The van der Waals surface area contributed by atoms with Crippen molar-refractivity contribution in [3.8, 4) is 5.75 Å². The third kappa shape index (κ3) is 1.89. The Morgan fingerprint density at radius 2 is 1.71 bits per heavy atom. The molecule has 0 bridgehead atoms. The van der Waals surface area contributed by atoms with Crippen LogP contribution < -0.4 is 0 Å². The Hall–Kier alpha value is -1.26. The van der Waals surface area contributed by atoms with Gasteiger partial charge in [0.1, 0.15) is 0 Å². The molecule has 0 saturated heterocycles. The van der Waals surface area contributed by atoms with Gasteiger partial charge < -0.3 is 5.11 Å². The summed E-state index contributed by atoms with van der Waals surface area (Å²) in [6.45, 7) is 3.24. The van der Waals surface area contributed by atoms with Gasteiger partial charge in [0.2, 0.25) is 0 Å². The molecule has 0 aromatic heterocycles. The van der Waals surface area contributed by atoms with Gasteiger partial charge in [0.05, 0.1) is 5.41 Å². The molecular formula is C16H18F4O. The molecule has 0 amide bonds. The van der Waals surface area contributed by atoms with Crippen molar-refractivity contribution < 1.29 is 22.7 Å². The first-order valence-corrected chi connectivity index (χ1v) is 7.28. The van der Waals surface area contributed by atoms with Gasteiger partial charge in [-0.15, -0.1) is 0 Å². The summed E-state index contributed by atoms with van der Waals surface area (Å²) in [5.41, 5.74) is -1.95. The molecule has 116 valence electrons. The number of benzene rings is 1. The van der Waals surface area contributed by atoms with Crippen LogP contribution in [0.1, 0.15) is 55.7 Å². The molecule has 1 N–H and O–H groups in total. The first kappa shape index (κ1) is 14.7. The Morgan fingerprint density at radius 1 is 1.14 bits per heavy atom. The van der Waals surface area contributed by atoms with Gasteiger partial charge in [-0.05, 0) is 55.6 Å². The van der Waals surface area contributed by atoms with E-state index in [1.54, 1.807) is 0 Å². The number of phenolic OH excluding ortho intramolecular Hbond substituents is 1. The standard InChI is InChI=1S/C16H18F4O/c1-3-14(4-5-14)11-8-10(9(2)12(17)13(11)21)15(6-7-15)16(18,19)20/h8,21H,3-7H2,1-2H3. The maximum Gasteiger partial charge on any atom is 0.398 e. The molecule has 2 fully saturated rings. The maximum atomic E-state index is 14.3. The topological polar surface area (TPSA) is 20.2 Å². The summed E-state index contributed by atoms with van der Waals surface area (Å²) < 4.78 is 54.3. The lowest BCUT2D eigenvalue weighted by Gasteiger charge is -2.25. The van der Waals surface area contributed by atoms with Gasteiger partial charge in [0.25, 0.3) is 0 Å². The highest BCUT2D eigenvalue weighted by atomic mass is 19.4. The Balaban J connectivity index is 2.19. The van der Waals surface area contributed by atoms with Crippen molar-refractivity contribution in [3.63, 3.8) is 0 Å². The minimum Gasteiger partial charge on any atom is -0.505 e. The van der Waals surface area contributed by atoms with Gasteiger partial charge in [-0.1, -0.05) is 13.0 Å². The van der Waals surface area contributed by atoms with Crippen LogP contribution in [0.25, 0.3) is 0 Å². The normalized spacial score (nSPS) is 22.2. The number of hydrogen-bond acceptors (Lipinski definition) is 1. The average Bonchev–Trinajstić information content (AvgIpc) is 3.27. The maximum absolute atomic E-state index is 14.3. The molecule has 0 heterocycles. The smallest absolute Gasteiger partial charge is 0.398 e. The summed E-state index contributed by atoms with van der Waals surface area (Å²) in [5, 5.41) is 10.0. The SMILES string of the molecule is CCC1(c2cc(C3(C(F)(F)F)CC3)c(C)c(F)c2O)CC1. The van der Waals surface area contributed by atoms with Crippen molar-refractivity contribution in [3.05, 3.63) is 28.6 Å². The van der Waals surface area contributed by atoms with E-state index in [1.807, 2.05) is 6.92 Å². The van der Waals surface area contributed by atoms with E-state index in [9.17, 15) is 22.7 Å². The minimum absolute atomic E-state index is 0.000119. The molecule has 0 spiro atoms. The van der Waals surface area contributed by atoms with E-state index in [2.05, 4.69) is 0 Å². The lowest BCUT2D eigenvalue weighted by Crippen LogP contribution is -2.30. The Morgan fingerprint density at radius 3 is 2.10 bits per heavy atom. The molecule has 2 aliphatic rings. The summed E-state index contributed by atoms with van der Waals surface area (Å²) >= 11 is 0. The number of rotatable bonds is 3. The van der Waals surface area contributed by atoms with E-state index in [-0.39, 0.29) is 29.4 Å². The van der Waals surface area contributed by atoms with Gasteiger partial charge in [-0.2, -0.15) is 13.2 Å². The van der Waals surface area contributed by atoms with E-state index in [0.29, 0.717) is 12.0 Å². The predicted molar refractivity (Wildman–Crippen MR) is 71.0 cm³/mol. The van der Waals surface area contributed by atoms with Crippen molar-refractivity contribution in [1.29, 1.82) is 0 Å². The molecule has 5 heteroatoms. The van der Waals surface area contributed by atoms with Crippen LogP contribution >= 0.6 is 0 Å². The molecule has 1 aromatic carbocycles. The Kier molecular flexibility index (Phi) is 2.89. The number of alkyl halides is 3. The fourth-order valence-corrected chi connectivity index (χ4v) is 3.43. The highest BCUT2D eigenvalue weighted by Gasteiger charge is 2.65. The third-order valence-electron chi connectivity index (χ3n) is 5.39. The predicted octanol–water partition coefficient (Wildman–Crippen LogP) is 4.88. The number of phenols is 1. The van der Waals surface area contributed by atoms with Gasteiger partial charge in [-0.3, -0.25) is 0 Å². The van der Waals surface area contributed by atoms with E-state index in [1.165, 1.54) is 13.0 Å². The lowest BCUT2D eigenvalue weighted by molar-refractivity contribution is -0.160. The zero-order chi connectivity index (χ0) is 15.6. The molecule has 1 aromatic rings. The summed E-state index contributed by atoms with van der Waals surface area (Å²) in [6, 6.07) is 1.42. The second-order valence-corrected chi connectivity index (χ2v) is 6.47. The van der Waals surface area contributed by atoms with Crippen molar-refractivity contribution >= 4 is 0 Å². The molecule has 2 saturated carbocycles.